The number of H-pyrrole nitrogens is 1. The Labute approximate surface area is 268 Å². The summed E-state index contributed by atoms with van der Waals surface area (Å²) in [6.45, 7) is 9.68. The number of para-hydroxylation sites is 1. The third kappa shape index (κ3) is 5.94. The number of fused-ring (bicyclic) bond motifs is 4. The molecule has 2 aromatic carbocycles. The number of hydrogen-bond acceptors (Lipinski definition) is 10. The van der Waals surface area contributed by atoms with Crippen LogP contribution in [0.4, 0.5) is 28.8 Å². The first-order valence-electron chi connectivity index (χ1n) is 15.4. The van der Waals surface area contributed by atoms with E-state index in [0.717, 1.165) is 62.3 Å². The van der Waals surface area contributed by atoms with Gasteiger partial charge in [-0.1, -0.05) is 23.7 Å². The van der Waals surface area contributed by atoms with Gasteiger partial charge >= 0.3 is 0 Å². The molecule has 0 unspecified atom stereocenters. The summed E-state index contributed by atoms with van der Waals surface area (Å²) in [5, 5.41) is 8.60. The average Bonchev–Trinajstić information content (AvgIpc) is 3.41. The highest BCUT2D eigenvalue weighted by Gasteiger charge is 2.37. The van der Waals surface area contributed by atoms with E-state index in [0.29, 0.717) is 63.6 Å². The van der Waals surface area contributed by atoms with E-state index in [1.54, 1.807) is 26.6 Å². The summed E-state index contributed by atoms with van der Waals surface area (Å²) in [5.41, 5.74) is 3.02. The van der Waals surface area contributed by atoms with Crippen LogP contribution >= 0.6 is 18.7 Å². The van der Waals surface area contributed by atoms with Crippen LogP contribution in [0.25, 0.3) is 11.0 Å². The molecule has 2 fully saturated rings. The average molecular weight is 651 g/mol. The Hall–Kier alpha value is -3.50. The number of rotatable bonds is 7. The largest absolute Gasteiger partial charge is 0.494 e. The normalized spacial score (nSPS) is 20.8. The van der Waals surface area contributed by atoms with Gasteiger partial charge in [-0.3, -0.25) is 4.90 Å². The fourth-order valence-corrected chi connectivity index (χ4v) is 8.19. The van der Waals surface area contributed by atoms with Gasteiger partial charge in [-0.05, 0) is 45.4 Å². The van der Waals surface area contributed by atoms with Crippen LogP contribution in [0.15, 0.2) is 42.6 Å². The molecule has 2 saturated heterocycles. The standard InChI is InChI=1S/C32H40ClN8O3P/c1-39-11-13-40(14-12-39)20-9-10-41-21(15-20)19-44-27-16-24(26(43-2)17-25(27)41)36-32-37-30-29(22(33)18-34-30)31(38-32)35-23-7-5-6-8-28(23)45(3,4)42/h5-8,16-18,20-21H,9-15,19H2,1-4H3,(H3,34,35,36,37,38)/t20-,21-/m1/s1. The fourth-order valence-electron chi connectivity index (χ4n) is 6.80. The molecule has 4 aromatic rings. The number of nitrogens with zero attached hydrogens (tertiary/aromatic N) is 5. The van der Waals surface area contributed by atoms with Gasteiger partial charge in [0, 0.05) is 62.4 Å². The Kier molecular flexibility index (Phi) is 8.06. The lowest BCUT2D eigenvalue weighted by molar-refractivity contribution is 0.0822. The topological polar surface area (TPSA) is 111 Å². The molecule has 13 heteroatoms. The van der Waals surface area contributed by atoms with Gasteiger partial charge < -0.3 is 39.5 Å². The summed E-state index contributed by atoms with van der Waals surface area (Å²) in [7, 11) is 1.31. The second kappa shape index (κ2) is 12.0. The van der Waals surface area contributed by atoms with Crippen molar-refractivity contribution in [3.05, 3.63) is 47.6 Å². The quantitative estimate of drug-likeness (QED) is 0.227. The number of halogens is 1. The first-order chi connectivity index (χ1) is 21.7. The molecule has 45 heavy (non-hydrogen) atoms. The van der Waals surface area contributed by atoms with Crippen molar-refractivity contribution in [2.75, 3.05) is 82.4 Å². The second-order valence-corrected chi connectivity index (χ2v) is 16.2. The van der Waals surface area contributed by atoms with Crippen LogP contribution in [0.3, 0.4) is 0 Å². The highest BCUT2D eigenvalue weighted by atomic mass is 35.5. The number of benzene rings is 2. The van der Waals surface area contributed by atoms with Crippen molar-refractivity contribution in [3.63, 3.8) is 0 Å². The number of anilines is 5. The van der Waals surface area contributed by atoms with Crippen molar-refractivity contribution < 1.29 is 14.0 Å². The summed E-state index contributed by atoms with van der Waals surface area (Å²) >= 11 is 6.56. The van der Waals surface area contributed by atoms with Gasteiger partial charge in [-0.25, -0.2) is 0 Å². The van der Waals surface area contributed by atoms with E-state index in [4.69, 9.17) is 31.0 Å². The van der Waals surface area contributed by atoms with Crippen LogP contribution in [0, 0.1) is 0 Å². The van der Waals surface area contributed by atoms with Crippen molar-refractivity contribution in [2.45, 2.75) is 24.9 Å². The van der Waals surface area contributed by atoms with Gasteiger partial charge in [-0.2, -0.15) is 9.97 Å². The maximum Gasteiger partial charge on any atom is 0.231 e. The number of methoxy groups -OCH3 is 1. The van der Waals surface area contributed by atoms with Crippen LogP contribution in [0.1, 0.15) is 12.8 Å². The number of aromatic nitrogens is 3. The van der Waals surface area contributed by atoms with Crippen molar-refractivity contribution in [2.24, 2.45) is 0 Å². The second-order valence-electron chi connectivity index (χ2n) is 12.6. The van der Waals surface area contributed by atoms with Gasteiger partial charge in [0.15, 0.2) is 0 Å². The Morgan fingerprint density at radius 3 is 2.62 bits per heavy atom. The number of piperidine rings is 1. The van der Waals surface area contributed by atoms with Crippen LogP contribution in [-0.2, 0) is 4.57 Å². The molecule has 3 aliphatic rings. The Bertz CT molecular complexity index is 1770. The van der Waals surface area contributed by atoms with Gasteiger partial charge in [0.25, 0.3) is 0 Å². The summed E-state index contributed by atoms with van der Waals surface area (Å²) < 4.78 is 25.3. The highest BCUT2D eigenvalue weighted by Crippen LogP contribution is 2.45. The first kappa shape index (κ1) is 30.2. The number of likely N-dealkylation sites (N-methyl/N-ethyl adjacent to an activating group) is 1. The zero-order chi connectivity index (χ0) is 31.3. The first-order valence-corrected chi connectivity index (χ1v) is 18.4. The molecule has 0 saturated carbocycles. The molecular weight excluding hydrogens is 611 g/mol. The number of nitrogens with one attached hydrogen (secondary N) is 3. The zero-order valence-corrected chi connectivity index (χ0v) is 27.8. The number of piperazine rings is 1. The minimum absolute atomic E-state index is 0.334. The van der Waals surface area contributed by atoms with E-state index in [9.17, 15) is 4.57 Å². The fraction of sp³-hybridized carbons (Fsp3) is 0.438. The molecular formula is C32H40ClN8O3P. The van der Waals surface area contributed by atoms with Crippen molar-refractivity contribution in [1.29, 1.82) is 0 Å². The molecule has 0 bridgehead atoms. The van der Waals surface area contributed by atoms with Crippen molar-refractivity contribution in [3.8, 4) is 11.5 Å². The molecule has 2 atom stereocenters. The minimum Gasteiger partial charge on any atom is -0.494 e. The monoisotopic (exact) mass is 650 g/mol. The van der Waals surface area contributed by atoms with Crippen LogP contribution < -0.4 is 30.3 Å². The SMILES string of the molecule is COc1cc2c(cc1Nc1nc(Nc3ccccc3P(C)(C)=O)c3c(Cl)c[nH]c3n1)OC[C@H]1C[C@H](N3CCN(C)CC3)CCN21. The lowest BCUT2D eigenvalue weighted by Crippen LogP contribution is -2.57. The number of ether oxygens (including phenoxy) is 2. The maximum absolute atomic E-state index is 13.0. The number of aromatic amines is 1. The van der Waals surface area contributed by atoms with E-state index in [-0.39, 0.29) is 0 Å². The molecule has 3 N–H and O–H groups in total. The van der Waals surface area contributed by atoms with Gasteiger partial charge in [-0.15, -0.1) is 0 Å². The predicted molar refractivity (Wildman–Crippen MR) is 183 cm³/mol. The summed E-state index contributed by atoms with van der Waals surface area (Å²) in [6, 6.07) is 12.5. The van der Waals surface area contributed by atoms with Crippen LogP contribution in [0.2, 0.25) is 5.02 Å². The van der Waals surface area contributed by atoms with Gasteiger partial charge in [0.05, 0.1) is 40.6 Å². The third-order valence-corrected chi connectivity index (χ3v) is 11.1. The summed E-state index contributed by atoms with van der Waals surface area (Å²) in [6.07, 6.45) is 3.92. The van der Waals surface area contributed by atoms with E-state index in [1.807, 2.05) is 30.3 Å². The predicted octanol–water partition coefficient (Wildman–Crippen LogP) is 5.33. The van der Waals surface area contributed by atoms with Crippen LogP contribution in [0.5, 0.6) is 11.5 Å². The lowest BCUT2D eigenvalue weighted by atomic mass is 9.93. The smallest absolute Gasteiger partial charge is 0.231 e. The van der Waals surface area contributed by atoms with E-state index in [1.165, 1.54) is 0 Å². The summed E-state index contributed by atoms with van der Waals surface area (Å²) in [5.74, 6) is 2.32. The molecule has 5 heterocycles. The molecule has 3 aliphatic heterocycles. The maximum atomic E-state index is 13.0. The van der Waals surface area contributed by atoms with Gasteiger partial charge in [0.2, 0.25) is 5.95 Å². The molecule has 238 valence electrons. The molecule has 0 spiro atoms. The van der Waals surface area contributed by atoms with Crippen molar-refractivity contribution >= 4 is 63.9 Å². The number of hydrogen-bond donors (Lipinski definition) is 3. The third-order valence-electron chi connectivity index (χ3n) is 9.23. The molecule has 2 aromatic heterocycles. The highest BCUT2D eigenvalue weighted by molar-refractivity contribution is 7.70. The Morgan fingerprint density at radius 2 is 1.84 bits per heavy atom. The van der Waals surface area contributed by atoms with E-state index in [2.05, 4.69) is 43.4 Å². The lowest BCUT2D eigenvalue weighted by Gasteiger charge is -2.48. The van der Waals surface area contributed by atoms with E-state index >= 15 is 0 Å². The van der Waals surface area contributed by atoms with Gasteiger partial charge in [0.1, 0.15) is 36.7 Å². The molecule has 0 amide bonds. The molecule has 7 rings (SSSR count). The van der Waals surface area contributed by atoms with Crippen LogP contribution in [-0.4, -0.2) is 104 Å². The van der Waals surface area contributed by atoms with E-state index < -0.39 is 7.14 Å². The summed E-state index contributed by atoms with van der Waals surface area (Å²) in [4.78, 5) is 20.2. The zero-order valence-electron chi connectivity index (χ0n) is 26.1. The molecule has 11 nitrogen and oxygen atoms in total. The Balaban J connectivity index is 1.16. The molecule has 0 aliphatic carbocycles. The minimum atomic E-state index is -2.56. The molecule has 0 radical (unpaired) electrons. The van der Waals surface area contributed by atoms with Crippen molar-refractivity contribution in [1.82, 2.24) is 24.8 Å². The Morgan fingerprint density at radius 1 is 1.04 bits per heavy atom.